The Kier molecular flexibility index (Phi) is 7.10. The van der Waals surface area contributed by atoms with Crippen molar-refractivity contribution in [1.82, 2.24) is 19.9 Å². The van der Waals surface area contributed by atoms with E-state index < -0.39 is 0 Å². The van der Waals surface area contributed by atoms with Gasteiger partial charge >= 0.3 is 0 Å². The molecule has 3 heterocycles. The normalized spacial score (nSPS) is 11.5. The summed E-state index contributed by atoms with van der Waals surface area (Å²) >= 11 is 0. The number of aromatic nitrogens is 4. The van der Waals surface area contributed by atoms with Crippen LogP contribution in [0.15, 0.2) is 182 Å². The molecule has 0 atom stereocenters. The van der Waals surface area contributed by atoms with Crippen LogP contribution in [0.4, 0.5) is 0 Å². The number of pyridine rings is 2. The molecule has 52 heavy (non-hydrogen) atoms. The van der Waals surface area contributed by atoms with E-state index in [0.29, 0.717) is 5.82 Å². The van der Waals surface area contributed by atoms with Crippen molar-refractivity contribution >= 4 is 32.3 Å². The van der Waals surface area contributed by atoms with Gasteiger partial charge in [0.1, 0.15) is 0 Å². The molecule has 0 unspecified atom stereocenters. The van der Waals surface area contributed by atoms with Gasteiger partial charge in [-0.2, -0.15) is 0 Å². The maximum atomic E-state index is 5.16. The predicted molar refractivity (Wildman–Crippen MR) is 214 cm³/mol. The van der Waals surface area contributed by atoms with E-state index in [2.05, 4.69) is 137 Å². The molecule has 0 aliphatic carbocycles. The van der Waals surface area contributed by atoms with Gasteiger partial charge in [0.05, 0.1) is 17.1 Å². The van der Waals surface area contributed by atoms with Crippen molar-refractivity contribution in [3.05, 3.63) is 182 Å². The van der Waals surface area contributed by atoms with Crippen LogP contribution >= 0.6 is 0 Å². The summed E-state index contributed by atoms with van der Waals surface area (Å²) < 4.78 is 0. The Hall–Kier alpha value is -7.04. The zero-order valence-corrected chi connectivity index (χ0v) is 28.1. The number of hydrogen-bond donors (Lipinski definition) is 0. The molecule has 0 spiro atoms. The highest BCUT2D eigenvalue weighted by atomic mass is 14.9. The summed E-state index contributed by atoms with van der Waals surface area (Å²) in [7, 11) is 0. The average Bonchev–Trinajstić information content (AvgIpc) is 3.23. The first-order valence-corrected chi connectivity index (χ1v) is 17.4. The third kappa shape index (κ3) is 5.17. The smallest absolute Gasteiger partial charge is 0.160 e. The van der Waals surface area contributed by atoms with E-state index in [1.54, 1.807) is 6.20 Å². The van der Waals surface area contributed by atoms with Crippen molar-refractivity contribution in [2.75, 3.05) is 0 Å². The van der Waals surface area contributed by atoms with Gasteiger partial charge in [0.25, 0.3) is 0 Å². The first-order valence-electron chi connectivity index (χ1n) is 17.4. The van der Waals surface area contributed by atoms with Crippen LogP contribution in [0.1, 0.15) is 0 Å². The van der Waals surface area contributed by atoms with E-state index in [-0.39, 0.29) is 0 Å². The second kappa shape index (κ2) is 12.4. The van der Waals surface area contributed by atoms with Gasteiger partial charge in [-0.05, 0) is 91.0 Å². The third-order valence-electron chi connectivity index (χ3n) is 10.0. The van der Waals surface area contributed by atoms with Crippen molar-refractivity contribution in [2.45, 2.75) is 0 Å². The second-order valence-electron chi connectivity index (χ2n) is 13.1. The van der Waals surface area contributed by atoms with Crippen LogP contribution in [0.3, 0.4) is 0 Å². The van der Waals surface area contributed by atoms with Gasteiger partial charge in [-0.3, -0.25) is 9.97 Å². The predicted octanol–water partition coefficient (Wildman–Crippen LogP) is 12.2. The number of benzene rings is 7. The molecule has 4 heteroatoms. The fraction of sp³-hybridized carbons (Fsp3) is 0. The van der Waals surface area contributed by atoms with E-state index >= 15 is 0 Å². The minimum atomic E-state index is 0.664. The zero-order chi connectivity index (χ0) is 34.4. The summed E-state index contributed by atoms with van der Waals surface area (Å²) in [4.78, 5) is 19.2. The highest BCUT2D eigenvalue weighted by molar-refractivity contribution is 6.27. The summed E-state index contributed by atoms with van der Waals surface area (Å²) in [5.74, 6) is 0.664. The van der Waals surface area contributed by atoms with Crippen LogP contribution in [0, 0.1) is 0 Å². The van der Waals surface area contributed by atoms with Crippen molar-refractivity contribution in [3.63, 3.8) is 0 Å². The Morgan fingerprint density at radius 3 is 1.62 bits per heavy atom. The largest absolute Gasteiger partial charge is 0.264 e. The molecule has 0 saturated heterocycles. The minimum absolute atomic E-state index is 0.664. The monoisotopic (exact) mass is 662 g/mol. The molecular formula is C48H30N4. The first-order chi connectivity index (χ1) is 25.8. The van der Waals surface area contributed by atoms with Crippen LogP contribution in [-0.2, 0) is 0 Å². The molecule has 10 rings (SSSR count). The van der Waals surface area contributed by atoms with Crippen LogP contribution in [0.25, 0.3) is 99.7 Å². The Morgan fingerprint density at radius 1 is 0.346 bits per heavy atom. The highest BCUT2D eigenvalue weighted by Crippen LogP contribution is 2.42. The Bertz CT molecular complexity index is 2870. The molecule has 0 aliphatic heterocycles. The van der Waals surface area contributed by atoms with Gasteiger partial charge in [-0.1, -0.05) is 127 Å². The maximum Gasteiger partial charge on any atom is 0.160 e. The SMILES string of the molecule is c1ccc(-c2ccc3ccc4c(-c5cccc(-c6nc(-c7ccc(-c8ccccn8)cc7)cc(-c7cccnc7)n6)c5)ccc5ccc2c3c54)cc1. The van der Waals surface area contributed by atoms with Crippen LogP contribution in [-0.4, -0.2) is 19.9 Å². The van der Waals surface area contributed by atoms with Crippen molar-refractivity contribution < 1.29 is 0 Å². The lowest BCUT2D eigenvalue weighted by Crippen LogP contribution is -1.96. The van der Waals surface area contributed by atoms with Gasteiger partial charge in [0, 0.05) is 40.8 Å². The van der Waals surface area contributed by atoms with E-state index in [9.17, 15) is 0 Å². The molecule has 7 aromatic carbocycles. The average molecular weight is 663 g/mol. The van der Waals surface area contributed by atoms with Crippen molar-refractivity contribution in [1.29, 1.82) is 0 Å². The summed E-state index contributed by atoms with van der Waals surface area (Å²) in [6, 6.07) is 57.8. The maximum absolute atomic E-state index is 5.16. The zero-order valence-electron chi connectivity index (χ0n) is 28.1. The topological polar surface area (TPSA) is 51.6 Å². The third-order valence-corrected chi connectivity index (χ3v) is 10.0. The Morgan fingerprint density at radius 2 is 0.942 bits per heavy atom. The summed E-state index contributed by atoms with van der Waals surface area (Å²) in [5.41, 5.74) is 11.3. The lowest BCUT2D eigenvalue weighted by atomic mass is 9.87. The van der Waals surface area contributed by atoms with E-state index in [4.69, 9.17) is 9.97 Å². The Labute approximate surface area is 301 Å². The number of rotatable bonds is 6. The molecule has 3 aromatic heterocycles. The van der Waals surface area contributed by atoms with Gasteiger partial charge in [-0.25, -0.2) is 9.97 Å². The molecule has 0 fully saturated rings. The van der Waals surface area contributed by atoms with Gasteiger partial charge in [0.2, 0.25) is 0 Å². The summed E-state index contributed by atoms with van der Waals surface area (Å²) in [6.07, 6.45) is 5.45. The molecule has 0 bridgehead atoms. The first kappa shape index (κ1) is 29.8. The number of hydrogen-bond acceptors (Lipinski definition) is 4. The lowest BCUT2D eigenvalue weighted by Gasteiger charge is -2.17. The molecule has 0 aliphatic rings. The minimum Gasteiger partial charge on any atom is -0.264 e. The van der Waals surface area contributed by atoms with Crippen molar-refractivity contribution in [3.8, 4) is 67.4 Å². The summed E-state index contributed by atoms with van der Waals surface area (Å²) in [5, 5.41) is 7.59. The molecular weight excluding hydrogens is 633 g/mol. The molecule has 4 nitrogen and oxygen atoms in total. The second-order valence-corrected chi connectivity index (χ2v) is 13.1. The summed E-state index contributed by atoms with van der Waals surface area (Å²) in [6.45, 7) is 0. The molecule has 0 amide bonds. The fourth-order valence-corrected chi connectivity index (χ4v) is 7.48. The molecule has 0 saturated carbocycles. The van der Waals surface area contributed by atoms with Crippen LogP contribution < -0.4 is 0 Å². The quantitative estimate of drug-likeness (QED) is 0.166. The Balaban J connectivity index is 1.11. The van der Waals surface area contributed by atoms with Crippen LogP contribution in [0.2, 0.25) is 0 Å². The molecule has 242 valence electrons. The van der Waals surface area contributed by atoms with E-state index in [0.717, 1.165) is 44.9 Å². The van der Waals surface area contributed by atoms with Crippen LogP contribution in [0.5, 0.6) is 0 Å². The highest BCUT2D eigenvalue weighted by Gasteiger charge is 2.16. The number of nitrogens with zero attached hydrogens (tertiary/aromatic N) is 4. The van der Waals surface area contributed by atoms with Gasteiger partial charge in [0.15, 0.2) is 5.82 Å². The van der Waals surface area contributed by atoms with Gasteiger partial charge in [-0.15, -0.1) is 0 Å². The van der Waals surface area contributed by atoms with E-state index in [1.165, 1.54) is 49.0 Å². The standard InChI is InChI=1S/C48H30N4/c1-2-8-31(9-3-1)39-22-18-34-21-25-42-40(23-19-35-20-24-41(39)46(34)47(35)42)36-10-6-11-37(28-36)48-51-44(29-45(52-48)38-12-7-26-49-30-38)33-16-14-32(15-17-33)43-13-4-5-27-50-43/h1-30H. The molecule has 0 radical (unpaired) electrons. The molecule has 10 aromatic rings. The fourth-order valence-electron chi connectivity index (χ4n) is 7.48. The lowest BCUT2D eigenvalue weighted by molar-refractivity contribution is 1.18. The van der Waals surface area contributed by atoms with E-state index in [1.807, 2.05) is 48.8 Å². The van der Waals surface area contributed by atoms with Gasteiger partial charge < -0.3 is 0 Å². The van der Waals surface area contributed by atoms with Crippen molar-refractivity contribution in [2.24, 2.45) is 0 Å². The molecule has 0 N–H and O–H groups in total.